The van der Waals surface area contributed by atoms with E-state index >= 15 is 0 Å². The minimum Gasteiger partial charge on any atom is -0.344 e. The van der Waals surface area contributed by atoms with Crippen LogP contribution in [0.3, 0.4) is 0 Å². The van der Waals surface area contributed by atoms with Crippen molar-refractivity contribution in [1.82, 2.24) is 15.3 Å². The lowest BCUT2D eigenvalue weighted by molar-refractivity contribution is 0.0935. The Hall–Kier alpha value is -2.71. The molecule has 21 heavy (non-hydrogen) atoms. The van der Waals surface area contributed by atoms with Gasteiger partial charge < -0.3 is 11.1 Å². The zero-order chi connectivity index (χ0) is 15.1. The van der Waals surface area contributed by atoms with Gasteiger partial charge in [-0.2, -0.15) is 0 Å². The Morgan fingerprint density at radius 3 is 2.71 bits per heavy atom. The fourth-order valence-electron chi connectivity index (χ4n) is 1.76. The fourth-order valence-corrected chi connectivity index (χ4v) is 1.76. The number of carbonyl (C=O) groups excluding carboxylic acids is 1. The van der Waals surface area contributed by atoms with Gasteiger partial charge in [-0.05, 0) is 36.8 Å². The Bertz CT molecular complexity index is 656. The molecule has 5 heteroatoms. The van der Waals surface area contributed by atoms with Gasteiger partial charge in [0.25, 0.3) is 5.91 Å². The van der Waals surface area contributed by atoms with Crippen molar-refractivity contribution in [3.8, 4) is 11.8 Å². The Balaban J connectivity index is 2.03. The summed E-state index contributed by atoms with van der Waals surface area (Å²) >= 11 is 0. The summed E-state index contributed by atoms with van der Waals surface area (Å²) in [4.78, 5) is 20.2. The standard InChI is InChI=1S/C16H16N4O/c1-12(14-6-9-18-10-7-14)20-16(21)15-5-4-13(11-19-15)3-2-8-17/h4-7,9-12H,8,17H2,1H3,(H,20,21). The highest BCUT2D eigenvalue weighted by Crippen LogP contribution is 2.11. The number of nitrogens with zero attached hydrogens (tertiary/aromatic N) is 2. The number of carbonyl (C=O) groups is 1. The molecule has 0 aliphatic rings. The highest BCUT2D eigenvalue weighted by molar-refractivity contribution is 5.92. The molecule has 0 aliphatic heterocycles. The van der Waals surface area contributed by atoms with E-state index in [1.807, 2.05) is 19.1 Å². The maximum atomic E-state index is 12.1. The third kappa shape index (κ3) is 4.13. The molecule has 106 valence electrons. The molecule has 2 heterocycles. The van der Waals surface area contributed by atoms with Crippen molar-refractivity contribution in [1.29, 1.82) is 0 Å². The van der Waals surface area contributed by atoms with E-state index in [9.17, 15) is 4.79 Å². The van der Waals surface area contributed by atoms with Crippen LogP contribution in [-0.4, -0.2) is 22.4 Å². The van der Waals surface area contributed by atoms with Crippen LogP contribution in [0.15, 0.2) is 42.9 Å². The molecule has 5 nitrogen and oxygen atoms in total. The minimum absolute atomic E-state index is 0.112. The second kappa shape index (κ2) is 7.17. The number of hydrogen-bond donors (Lipinski definition) is 2. The van der Waals surface area contributed by atoms with Crippen LogP contribution < -0.4 is 11.1 Å². The summed E-state index contributed by atoms with van der Waals surface area (Å²) in [6, 6.07) is 7.02. The number of amides is 1. The van der Waals surface area contributed by atoms with Gasteiger partial charge in [0.1, 0.15) is 5.69 Å². The average molecular weight is 280 g/mol. The molecule has 1 amide bonds. The molecule has 0 radical (unpaired) electrons. The molecule has 1 atom stereocenters. The predicted molar refractivity (Wildman–Crippen MR) is 80.3 cm³/mol. The van der Waals surface area contributed by atoms with E-state index in [4.69, 9.17) is 5.73 Å². The number of aromatic nitrogens is 2. The van der Waals surface area contributed by atoms with E-state index in [-0.39, 0.29) is 11.9 Å². The Morgan fingerprint density at radius 1 is 1.33 bits per heavy atom. The second-order valence-electron chi connectivity index (χ2n) is 4.41. The van der Waals surface area contributed by atoms with Crippen LogP contribution in [-0.2, 0) is 0 Å². The van der Waals surface area contributed by atoms with Gasteiger partial charge >= 0.3 is 0 Å². The number of nitrogens with two attached hydrogens (primary N) is 1. The van der Waals surface area contributed by atoms with Crippen molar-refractivity contribution < 1.29 is 4.79 Å². The Morgan fingerprint density at radius 2 is 2.10 bits per heavy atom. The zero-order valence-corrected chi connectivity index (χ0v) is 11.7. The van der Waals surface area contributed by atoms with Crippen LogP contribution in [0.4, 0.5) is 0 Å². The quantitative estimate of drug-likeness (QED) is 0.830. The molecule has 0 spiro atoms. The van der Waals surface area contributed by atoms with Gasteiger partial charge in [0, 0.05) is 24.2 Å². The van der Waals surface area contributed by atoms with Gasteiger partial charge in [0.2, 0.25) is 0 Å². The third-order valence-electron chi connectivity index (χ3n) is 2.88. The minimum atomic E-state index is -0.224. The van der Waals surface area contributed by atoms with Crippen LogP contribution in [0.2, 0.25) is 0 Å². The Kier molecular flexibility index (Phi) is 5.02. The summed E-state index contributed by atoms with van der Waals surface area (Å²) in [5.41, 5.74) is 7.38. The van der Waals surface area contributed by atoms with Gasteiger partial charge in [-0.1, -0.05) is 11.8 Å². The number of nitrogens with one attached hydrogen (secondary N) is 1. The van der Waals surface area contributed by atoms with Crippen LogP contribution >= 0.6 is 0 Å². The maximum absolute atomic E-state index is 12.1. The van der Waals surface area contributed by atoms with Crippen molar-refractivity contribution in [3.05, 3.63) is 59.7 Å². The average Bonchev–Trinajstić information content (AvgIpc) is 2.54. The van der Waals surface area contributed by atoms with Gasteiger partial charge in [-0.25, -0.2) is 4.98 Å². The summed E-state index contributed by atoms with van der Waals surface area (Å²) in [7, 11) is 0. The SMILES string of the molecule is CC(NC(=O)c1ccc(C#CCN)cn1)c1ccncc1. The molecule has 2 aromatic heterocycles. The lowest BCUT2D eigenvalue weighted by atomic mass is 10.1. The first-order chi connectivity index (χ1) is 10.2. The fraction of sp³-hybridized carbons (Fsp3) is 0.188. The van der Waals surface area contributed by atoms with Crippen LogP contribution in [0, 0.1) is 11.8 Å². The largest absolute Gasteiger partial charge is 0.344 e. The summed E-state index contributed by atoms with van der Waals surface area (Å²) in [5.74, 6) is 5.37. The Labute approximate surface area is 123 Å². The summed E-state index contributed by atoms with van der Waals surface area (Å²) < 4.78 is 0. The molecule has 0 aliphatic carbocycles. The third-order valence-corrected chi connectivity index (χ3v) is 2.88. The number of pyridine rings is 2. The molecule has 0 saturated carbocycles. The van der Waals surface area contributed by atoms with Crippen LogP contribution in [0.1, 0.15) is 34.6 Å². The van der Waals surface area contributed by atoms with E-state index in [1.54, 1.807) is 30.7 Å². The predicted octanol–water partition coefficient (Wildman–Crippen LogP) is 1.28. The molecular weight excluding hydrogens is 264 g/mol. The van der Waals surface area contributed by atoms with Gasteiger partial charge in [-0.15, -0.1) is 0 Å². The van der Waals surface area contributed by atoms with E-state index in [1.165, 1.54) is 0 Å². The van der Waals surface area contributed by atoms with Gasteiger partial charge in [0.15, 0.2) is 0 Å². The molecule has 1 unspecified atom stereocenters. The van der Waals surface area contributed by atoms with Crippen LogP contribution in [0.5, 0.6) is 0 Å². The van der Waals surface area contributed by atoms with Crippen molar-refractivity contribution in [2.24, 2.45) is 5.73 Å². The van der Waals surface area contributed by atoms with E-state index < -0.39 is 0 Å². The molecule has 0 saturated heterocycles. The molecule has 2 aromatic rings. The van der Waals surface area contributed by atoms with Crippen molar-refractivity contribution in [2.45, 2.75) is 13.0 Å². The molecule has 0 aromatic carbocycles. The summed E-state index contributed by atoms with van der Waals surface area (Å²) in [6.07, 6.45) is 4.96. The smallest absolute Gasteiger partial charge is 0.270 e. The molecular formula is C16H16N4O. The highest BCUT2D eigenvalue weighted by Gasteiger charge is 2.12. The van der Waals surface area contributed by atoms with Crippen molar-refractivity contribution >= 4 is 5.91 Å². The molecule has 3 N–H and O–H groups in total. The summed E-state index contributed by atoms with van der Waals surface area (Å²) in [5, 5.41) is 2.89. The normalized spacial score (nSPS) is 11.1. The van der Waals surface area contributed by atoms with E-state index in [0.29, 0.717) is 12.2 Å². The zero-order valence-electron chi connectivity index (χ0n) is 11.7. The maximum Gasteiger partial charge on any atom is 0.270 e. The van der Waals surface area contributed by atoms with Gasteiger partial charge in [0.05, 0.1) is 12.6 Å². The first kappa shape index (κ1) is 14.7. The molecule has 0 fully saturated rings. The van der Waals surface area contributed by atoms with Crippen molar-refractivity contribution in [3.63, 3.8) is 0 Å². The number of rotatable bonds is 3. The van der Waals surface area contributed by atoms with E-state index in [0.717, 1.165) is 11.1 Å². The molecule has 0 bridgehead atoms. The lowest BCUT2D eigenvalue weighted by Crippen LogP contribution is -2.27. The topological polar surface area (TPSA) is 80.9 Å². The van der Waals surface area contributed by atoms with E-state index in [2.05, 4.69) is 27.1 Å². The summed E-state index contributed by atoms with van der Waals surface area (Å²) in [6.45, 7) is 2.21. The second-order valence-corrected chi connectivity index (χ2v) is 4.41. The van der Waals surface area contributed by atoms with Crippen molar-refractivity contribution in [2.75, 3.05) is 6.54 Å². The van der Waals surface area contributed by atoms with Gasteiger partial charge in [-0.3, -0.25) is 9.78 Å². The lowest BCUT2D eigenvalue weighted by Gasteiger charge is -2.13. The van der Waals surface area contributed by atoms with Crippen LogP contribution in [0.25, 0.3) is 0 Å². The number of hydrogen-bond acceptors (Lipinski definition) is 4. The monoisotopic (exact) mass is 280 g/mol. The molecule has 2 rings (SSSR count). The first-order valence-electron chi connectivity index (χ1n) is 6.56. The first-order valence-corrected chi connectivity index (χ1v) is 6.56. The highest BCUT2D eigenvalue weighted by atomic mass is 16.1.